The summed E-state index contributed by atoms with van der Waals surface area (Å²) in [7, 11) is -1.52. The van der Waals surface area contributed by atoms with Gasteiger partial charge in [-0.15, -0.1) is 0 Å². The first-order chi connectivity index (χ1) is 5.90. The summed E-state index contributed by atoms with van der Waals surface area (Å²) in [4.78, 5) is 0. The number of hydrogen-bond acceptors (Lipinski definition) is 1. The second kappa shape index (κ2) is 4.15. The van der Waals surface area contributed by atoms with Crippen LogP contribution in [0.5, 0.6) is 5.75 Å². The summed E-state index contributed by atoms with van der Waals surface area (Å²) in [5, 5.41) is 0. The highest BCUT2D eigenvalue weighted by atomic mass is 79.9. The molecular formula is C9H12Br2OSi. The lowest BCUT2D eigenvalue weighted by atomic mass is 10.3. The van der Waals surface area contributed by atoms with Crippen molar-refractivity contribution in [3.63, 3.8) is 0 Å². The Balaban J connectivity index is 3.00. The molecule has 0 amide bonds. The van der Waals surface area contributed by atoms with Gasteiger partial charge in [0.05, 0.1) is 8.95 Å². The number of benzene rings is 1. The zero-order chi connectivity index (χ0) is 10.1. The second-order valence-corrected chi connectivity index (χ2v) is 9.90. The first-order valence-corrected chi connectivity index (χ1v) is 9.02. The van der Waals surface area contributed by atoms with Crippen LogP contribution in [0.25, 0.3) is 0 Å². The van der Waals surface area contributed by atoms with E-state index >= 15 is 0 Å². The van der Waals surface area contributed by atoms with Crippen molar-refractivity contribution in [1.82, 2.24) is 0 Å². The van der Waals surface area contributed by atoms with Gasteiger partial charge >= 0.3 is 0 Å². The van der Waals surface area contributed by atoms with Crippen LogP contribution in [-0.2, 0) is 0 Å². The van der Waals surface area contributed by atoms with E-state index in [1.54, 1.807) is 0 Å². The van der Waals surface area contributed by atoms with Crippen LogP contribution in [0.4, 0.5) is 0 Å². The molecule has 0 heterocycles. The molecule has 1 aromatic rings. The minimum Gasteiger partial charge on any atom is -0.543 e. The van der Waals surface area contributed by atoms with Crippen molar-refractivity contribution in [1.29, 1.82) is 0 Å². The summed E-state index contributed by atoms with van der Waals surface area (Å²) in [5.74, 6) is 0.918. The third-order valence-corrected chi connectivity index (χ3v) is 3.39. The highest BCUT2D eigenvalue weighted by molar-refractivity contribution is 9.11. The fraction of sp³-hybridized carbons (Fsp3) is 0.333. The van der Waals surface area contributed by atoms with Crippen LogP contribution in [0.3, 0.4) is 0 Å². The molecule has 1 nitrogen and oxygen atoms in total. The third kappa shape index (κ3) is 3.44. The van der Waals surface area contributed by atoms with Gasteiger partial charge in [-0.2, -0.15) is 0 Å². The van der Waals surface area contributed by atoms with E-state index in [1.165, 1.54) is 0 Å². The number of hydrogen-bond donors (Lipinski definition) is 0. The van der Waals surface area contributed by atoms with Gasteiger partial charge in [0.2, 0.25) is 8.32 Å². The average molecular weight is 324 g/mol. The Hall–Kier alpha value is 0.197. The lowest BCUT2D eigenvalue weighted by Gasteiger charge is -2.21. The van der Waals surface area contributed by atoms with Crippen molar-refractivity contribution in [2.24, 2.45) is 0 Å². The number of rotatable bonds is 2. The maximum absolute atomic E-state index is 5.91. The Bertz CT molecular complexity index is 287. The van der Waals surface area contributed by atoms with Gasteiger partial charge in [0.15, 0.2) is 0 Å². The zero-order valence-corrected chi connectivity index (χ0v) is 12.1. The standard InChI is InChI=1S/C9H12Br2OSi/c1-13(2,3)12-9-7(10)5-4-6-8(9)11/h4-6H,1-3H3. The van der Waals surface area contributed by atoms with Crippen molar-refractivity contribution in [2.75, 3.05) is 0 Å². The van der Waals surface area contributed by atoms with Crippen LogP contribution >= 0.6 is 31.9 Å². The van der Waals surface area contributed by atoms with Crippen molar-refractivity contribution in [3.8, 4) is 5.75 Å². The number of halogens is 2. The molecule has 0 radical (unpaired) electrons. The maximum atomic E-state index is 5.91. The molecule has 0 aliphatic carbocycles. The smallest absolute Gasteiger partial charge is 0.242 e. The Morgan fingerprint density at radius 2 is 1.54 bits per heavy atom. The predicted octanol–water partition coefficient (Wildman–Crippen LogP) is 4.43. The molecular weight excluding hydrogens is 312 g/mol. The second-order valence-electron chi connectivity index (χ2n) is 3.77. The van der Waals surface area contributed by atoms with Gasteiger partial charge in [-0.05, 0) is 63.6 Å². The van der Waals surface area contributed by atoms with Crippen LogP contribution in [0.1, 0.15) is 0 Å². The van der Waals surface area contributed by atoms with E-state index in [9.17, 15) is 0 Å². The van der Waals surface area contributed by atoms with Gasteiger partial charge in [0.1, 0.15) is 5.75 Å². The summed E-state index contributed by atoms with van der Waals surface area (Å²) >= 11 is 6.93. The van der Waals surface area contributed by atoms with E-state index in [0.29, 0.717) is 0 Å². The zero-order valence-electron chi connectivity index (χ0n) is 7.90. The SMILES string of the molecule is C[Si](C)(C)Oc1c(Br)cccc1Br. The minimum atomic E-state index is -1.52. The van der Waals surface area contributed by atoms with Crippen molar-refractivity contribution in [2.45, 2.75) is 19.6 Å². The summed E-state index contributed by atoms with van der Waals surface area (Å²) in [6, 6.07) is 5.95. The van der Waals surface area contributed by atoms with Gasteiger partial charge in [0, 0.05) is 0 Å². The Labute approximate surface area is 96.9 Å². The van der Waals surface area contributed by atoms with Gasteiger partial charge < -0.3 is 4.43 Å². The van der Waals surface area contributed by atoms with Crippen LogP contribution in [-0.4, -0.2) is 8.32 Å². The van der Waals surface area contributed by atoms with Crippen molar-refractivity contribution in [3.05, 3.63) is 27.1 Å². The van der Waals surface area contributed by atoms with E-state index in [4.69, 9.17) is 4.43 Å². The van der Waals surface area contributed by atoms with Gasteiger partial charge in [0.25, 0.3) is 0 Å². The lowest BCUT2D eigenvalue weighted by Crippen LogP contribution is -2.29. The molecule has 0 saturated carbocycles. The fourth-order valence-corrected chi connectivity index (χ4v) is 3.18. The Kier molecular flexibility index (Phi) is 3.60. The maximum Gasteiger partial charge on any atom is 0.242 e. The molecule has 0 N–H and O–H groups in total. The molecule has 0 spiro atoms. The normalized spacial score (nSPS) is 11.5. The summed E-state index contributed by atoms with van der Waals surface area (Å²) in [6.45, 7) is 6.50. The molecule has 1 rings (SSSR count). The topological polar surface area (TPSA) is 9.23 Å². The highest BCUT2D eigenvalue weighted by Gasteiger charge is 2.19. The third-order valence-electron chi connectivity index (χ3n) is 1.33. The largest absolute Gasteiger partial charge is 0.543 e. The lowest BCUT2D eigenvalue weighted by molar-refractivity contribution is 0.550. The molecule has 0 aliphatic heterocycles. The van der Waals surface area contributed by atoms with Crippen LogP contribution in [0.15, 0.2) is 27.1 Å². The molecule has 0 fully saturated rings. The highest BCUT2D eigenvalue weighted by Crippen LogP contribution is 2.34. The van der Waals surface area contributed by atoms with Gasteiger partial charge in [-0.25, -0.2) is 0 Å². The summed E-state index contributed by atoms with van der Waals surface area (Å²) in [6.07, 6.45) is 0. The monoisotopic (exact) mass is 322 g/mol. The Morgan fingerprint density at radius 1 is 1.08 bits per heavy atom. The molecule has 72 valence electrons. The molecule has 0 unspecified atom stereocenters. The van der Waals surface area contributed by atoms with E-state index < -0.39 is 8.32 Å². The van der Waals surface area contributed by atoms with Crippen LogP contribution < -0.4 is 4.43 Å². The molecule has 1 aromatic carbocycles. The molecule has 0 atom stereocenters. The fourth-order valence-electron chi connectivity index (χ4n) is 0.886. The predicted molar refractivity (Wildman–Crippen MR) is 65.8 cm³/mol. The minimum absolute atomic E-state index is 0.918. The van der Waals surface area contributed by atoms with E-state index in [0.717, 1.165) is 14.7 Å². The first-order valence-electron chi connectivity index (χ1n) is 4.03. The molecule has 0 bridgehead atoms. The Morgan fingerprint density at radius 3 is 1.92 bits per heavy atom. The van der Waals surface area contributed by atoms with Crippen molar-refractivity contribution >= 4 is 40.2 Å². The van der Waals surface area contributed by atoms with Crippen LogP contribution in [0, 0.1) is 0 Å². The van der Waals surface area contributed by atoms with E-state index in [1.807, 2.05) is 18.2 Å². The molecule has 4 heteroatoms. The average Bonchev–Trinajstić information content (AvgIpc) is 1.95. The van der Waals surface area contributed by atoms with Gasteiger partial charge in [-0.1, -0.05) is 6.07 Å². The number of para-hydroxylation sites is 1. The van der Waals surface area contributed by atoms with E-state index in [2.05, 4.69) is 51.5 Å². The van der Waals surface area contributed by atoms with Gasteiger partial charge in [-0.3, -0.25) is 0 Å². The molecule has 0 saturated heterocycles. The molecule has 0 aliphatic rings. The quantitative estimate of drug-likeness (QED) is 0.732. The first kappa shape index (κ1) is 11.3. The van der Waals surface area contributed by atoms with Crippen LogP contribution in [0.2, 0.25) is 19.6 Å². The van der Waals surface area contributed by atoms with E-state index in [-0.39, 0.29) is 0 Å². The summed E-state index contributed by atoms with van der Waals surface area (Å²) in [5.41, 5.74) is 0. The molecule has 0 aromatic heterocycles. The van der Waals surface area contributed by atoms with Crippen molar-refractivity contribution < 1.29 is 4.43 Å². The molecule has 13 heavy (non-hydrogen) atoms. The summed E-state index contributed by atoms with van der Waals surface area (Å²) < 4.78 is 7.92.